The van der Waals surface area contributed by atoms with Crippen LogP contribution >= 0.6 is 11.3 Å². The molecule has 0 bridgehead atoms. The van der Waals surface area contributed by atoms with Gasteiger partial charge in [0.05, 0.1) is 17.0 Å². The number of carbonyl (C=O) groups is 1. The van der Waals surface area contributed by atoms with Gasteiger partial charge in [-0.15, -0.1) is 11.3 Å². The van der Waals surface area contributed by atoms with Crippen molar-refractivity contribution in [2.75, 3.05) is 12.3 Å². The molecular weight excluding hydrogens is 288 g/mol. The molecule has 6 nitrogen and oxygen atoms in total. The maximum atomic E-state index is 12.2. The summed E-state index contributed by atoms with van der Waals surface area (Å²) in [5.41, 5.74) is 2.50. The van der Waals surface area contributed by atoms with E-state index in [4.69, 9.17) is 5.11 Å². The number of aromatic nitrogens is 1. The molecule has 1 atom stereocenters. The Balaban J connectivity index is 2.07. The number of nitrogens with zero attached hydrogens (tertiary/aromatic N) is 2. The Hall–Kier alpha value is -1.25. The third-order valence-corrected chi connectivity index (χ3v) is 5.76. The first-order valence-electron chi connectivity index (χ1n) is 5.70. The van der Waals surface area contributed by atoms with Gasteiger partial charge in [0.25, 0.3) is 0 Å². The van der Waals surface area contributed by atoms with Crippen molar-refractivity contribution in [1.82, 2.24) is 9.29 Å². The highest BCUT2D eigenvalue weighted by molar-refractivity contribution is 7.89. The van der Waals surface area contributed by atoms with Gasteiger partial charge < -0.3 is 5.11 Å². The van der Waals surface area contributed by atoms with E-state index in [2.05, 4.69) is 4.98 Å². The summed E-state index contributed by atoms with van der Waals surface area (Å²) < 4.78 is 25.3. The van der Waals surface area contributed by atoms with Gasteiger partial charge in [-0.05, 0) is 13.3 Å². The second-order valence-corrected chi connectivity index (χ2v) is 7.19. The molecule has 0 saturated carbocycles. The maximum absolute atomic E-state index is 12.2. The molecule has 104 valence electrons. The topological polar surface area (TPSA) is 87.6 Å². The fraction of sp³-hybridized carbons (Fsp3) is 0.455. The quantitative estimate of drug-likeness (QED) is 0.807. The molecule has 1 N–H and O–H groups in total. The third kappa shape index (κ3) is 3.02. The van der Waals surface area contributed by atoms with Crippen LogP contribution in [0.25, 0.3) is 0 Å². The van der Waals surface area contributed by atoms with Gasteiger partial charge in [0.2, 0.25) is 10.0 Å². The van der Waals surface area contributed by atoms with Gasteiger partial charge in [0, 0.05) is 11.4 Å². The molecular formula is C11H14N2O4S2. The van der Waals surface area contributed by atoms with Gasteiger partial charge in [-0.1, -0.05) is 12.2 Å². The number of sulfonamides is 1. The molecule has 19 heavy (non-hydrogen) atoms. The summed E-state index contributed by atoms with van der Waals surface area (Å²) in [4.78, 5) is 16.0. The summed E-state index contributed by atoms with van der Waals surface area (Å²) in [6.45, 7) is 1.96. The van der Waals surface area contributed by atoms with Gasteiger partial charge in [0.1, 0.15) is 6.04 Å². The van der Waals surface area contributed by atoms with Crippen molar-refractivity contribution >= 4 is 27.3 Å². The Kier molecular flexibility index (Phi) is 4.02. The van der Waals surface area contributed by atoms with Gasteiger partial charge in [0.15, 0.2) is 0 Å². The molecule has 0 amide bonds. The predicted octanol–water partition coefficient (Wildman–Crippen LogP) is 0.649. The van der Waals surface area contributed by atoms with E-state index in [0.717, 1.165) is 14.9 Å². The molecule has 8 heteroatoms. The molecule has 0 aliphatic carbocycles. The van der Waals surface area contributed by atoms with Crippen molar-refractivity contribution in [1.29, 1.82) is 0 Å². The molecule has 1 aromatic heterocycles. The van der Waals surface area contributed by atoms with Crippen molar-refractivity contribution in [3.63, 3.8) is 0 Å². The van der Waals surface area contributed by atoms with Crippen LogP contribution in [-0.2, 0) is 21.2 Å². The summed E-state index contributed by atoms with van der Waals surface area (Å²) in [5, 5.41) is 8.98. The van der Waals surface area contributed by atoms with Crippen molar-refractivity contribution in [2.24, 2.45) is 0 Å². The lowest BCUT2D eigenvalue weighted by molar-refractivity contribution is -0.139. The first-order chi connectivity index (χ1) is 8.92. The Morgan fingerprint density at radius 1 is 1.63 bits per heavy atom. The van der Waals surface area contributed by atoms with Gasteiger partial charge in [-0.25, -0.2) is 13.4 Å². The molecule has 2 rings (SSSR count). The van der Waals surface area contributed by atoms with Crippen LogP contribution in [0.2, 0.25) is 0 Å². The van der Waals surface area contributed by atoms with Crippen LogP contribution in [0.15, 0.2) is 17.7 Å². The van der Waals surface area contributed by atoms with E-state index in [0.29, 0.717) is 6.42 Å². The minimum Gasteiger partial charge on any atom is -0.480 e. The first-order valence-corrected chi connectivity index (χ1v) is 8.18. The molecule has 0 spiro atoms. The zero-order chi connectivity index (χ0) is 14.0. The summed E-state index contributed by atoms with van der Waals surface area (Å²) in [6.07, 6.45) is 3.33. The second-order valence-electron chi connectivity index (χ2n) is 4.21. The standard InChI is InChI=1S/C11H14N2O4S2/c1-8-10(18-7-12-8)4-6-19(16,17)13-5-2-3-9(13)11(14)15/h2-3,7,9H,4-6H2,1H3,(H,14,15). The average Bonchev–Trinajstić information content (AvgIpc) is 2.95. The molecule has 1 aromatic rings. The maximum Gasteiger partial charge on any atom is 0.325 e. The Labute approximate surface area is 115 Å². The molecule has 1 aliphatic heterocycles. The lowest BCUT2D eigenvalue weighted by Crippen LogP contribution is -2.42. The number of hydrogen-bond acceptors (Lipinski definition) is 5. The highest BCUT2D eigenvalue weighted by Crippen LogP contribution is 2.19. The van der Waals surface area contributed by atoms with E-state index in [9.17, 15) is 13.2 Å². The Morgan fingerprint density at radius 3 is 2.95 bits per heavy atom. The van der Waals surface area contributed by atoms with Gasteiger partial charge in [-0.2, -0.15) is 4.31 Å². The Morgan fingerprint density at radius 2 is 2.37 bits per heavy atom. The van der Waals surface area contributed by atoms with Crippen LogP contribution in [0.1, 0.15) is 10.6 Å². The van der Waals surface area contributed by atoms with E-state index in [-0.39, 0.29) is 12.3 Å². The summed E-state index contributed by atoms with van der Waals surface area (Å²) in [5.74, 6) is -1.24. The molecule has 2 heterocycles. The molecule has 1 aliphatic rings. The van der Waals surface area contributed by atoms with Gasteiger partial charge in [-0.3, -0.25) is 4.79 Å². The number of thiazole rings is 1. The van der Waals surface area contributed by atoms with E-state index in [1.54, 1.807) is 11.6 Å². The van der Waals surface area contributed by atoms with E-state index in [1.165, 1.54) is 17.4 Å². The first kappa shape index (κ1) is 14.2. The Bertz CT molecular complexity index is 606. The highest BCUT2D eigenvalue weighted by Gasteiger charge is 2.35. The zero-order valence-corrected chi connectivity index (χ0v) is 11.9. The fourth-order valence-corrected chi connectivity index (χ4v) is 4.33. The molecule has 0 radical (unpaired) electrons. The number of aliphatic carboxylic acids is 1. The summed E-state index contributed by atoms with van der Waals surface area (Å²) in [7, 11) is -3.58. The van der Waals surface area contributed by atoms with Gasteiger partial charge >= 0.3 is 5.97 Å². The van der Waals surface area contributed by atoms with Crippen molar-refractivity contribution in [3.8, 4) is 0 Å². The summed E-state index contributed by atoms with van der Waals surface area (Å²) in [6, 6.07) is -1.08. The zero-order valence-electron chi connectivity index (χ0n) is 10.3. The molecule has 1 unspecified atom stereocenters. The average molecular weight is 302 g/mol. The molecule has 0 fully saturated rings. The minimum absolute atomic E-state index is 0.0957. The van der Waals surface area contributed by atoms with Crippen molar-refractivity contribution in [2.45, 2.75) is 19.4 Å². The molecule has 0 saturated heterocycles. The van der Waals surface area contributed by atoms with E-state index < -0.39 is 22.0 Å². The van der Waals surface area contributed by atoms with E-state index in [1.807, 2.05) is 6.92 Å². The normalized spacial score (nSPS) is 19.9. The van der Waals surface area contributed by atoms with Crippen LogP contribution < -0.4 is 0 Å². The number of rotatable bonds is 5. The predicted molar refractivity (Wildman–Crippen MR) is 71.6 cm³/mol. The lowest BCUT2D eigenvalue weighted by Gasteiger charge is -2.20. The number of carboxylic acids is 1. The summed E-state index contributed by atoms with van der Waals surface area (Å²) >= 11 is 1.41. The van der Waals surface area contributed by atoms with Crippen molar-refractivity contribution < 1.29 is 18.3 Å². The SMILES string of the molecule is Cc1ncsc1CCS(=O)(=O)N1CC=CC1C(=O)O. The van der Waals surface area contributed by atoms with Crippen molar-refractivity contribution in [3.05, 3.63) is 28.2 Å². The van der Waals surface area contributed by atoms with Crippen LogP contribution in [0.3, 0.4) is 0 Å². The lowest BCUT2D eigenvalue weighted by atomic mass is 10.3. The monoisotopic (exact) mass is 302 g/mol. The molecule has 0 aromatic carbocycles. The fourth-order valence-electron chi connectivity index (χ4n) is 1.90. The second kappa shape index (κ2) is 5.40. The minimum atomic E-state index is -3.58. The van der Waals surface area contributed by atoms with Crippen LogP contribution in [-0.4, -0.2) is 47.1 Å². The van der Waals surface area contributed by atoms with E-state index >= 15 is 0 Å². The highest BCUT2D eigenvalue weighted by atomic mass is 32.2. The number of carboxylic acid groups (broad SMARTS) is 1. The largest absolute Gasteiger partial charge is 0.480 e. The smallest absolute Gasteiger partial charge is 0.325 e. The number of aryl methyl sites for hydroxylation is 2. The van der Waals surface area contributed by atoms with Crippen LogP contribution in [0.5, 0.6) is 0 Å². The number of hydrogen-bond donors (Lipinski definition) is 1. The van der Waals surface area contributed by atoms with Crippen LogP contribution in [0.4, 0.5) is 0 Å². The van der Waals surface area contributed by atoms with Crippen LogP contribution in [0, 0.1) is 6.92 Å². The third-order valence-electron chi connectivity index (χ3n) is 2.96.